The predicted molar refractivity (Wildman–Crippen MR) is 67.0 cm³/mol. The fourth-order valence-corrected chi connectivity index (χ4v) is 2.68. The van der Waals surface area contributed by atoms with Crippen LogP contribution < -0.4 is 0 Å². The Bertz CT molecular complexity index is 508. The molecule has 90 valence electrons. The number of nitrogens with zero attached hydrogens (tertiary/aromatic N) is 3. The fraction of sp³-hybridized carbons (Fsp3) is 0.300. The molecule has 0 aromatic carbocycles. The van der Waals surface area contributed by atoms with E-state index in [9.17, 15) is 4.79 Å². The first-order chi connectivity index (χ1) is 8.20. The third-order valence-electron chi connectivity index (χ3n) is 2.03. The summed E-state index contributed by atoms with van der Waals surface area (Å²) in [7, 11) is 0. The standard InChI is InChI=1S/C10H11N3O2S2/c1-2-7-5-8(17-6-9(14)15)13(12-7)10-11-3-4-16-10/h3-5H,2,6H2,1H3,(H,14,15). The molecule has 2 aromatic rings. The summed E-state index contributed by atoms with van der Waals surface area (Å²) in [4.78, 5) is 14.8. The van der Waals surface area contributed by atoms with Gasteiger partial charge in [0.15, 0.2) is 0 Å². The number of carboxylic acid groups (broad SMARTS) is 1. The Hall–Kier alpha value is -1.34. The first kappa shape index (κ1) is 12.1. The fourth-order valence-electron chi connectivity index (χ4n) is 1.28. The SMILES string of the molecule is CCc1cc(SCC(=O)O)n(-c2nccs2)n1. The number of hydrogen-bond acceptors (Lipinski definition) is 5. The van der Waals surface area contributed by atoms with Crippen LogP contribution in [0.15, 0.2) is 22.7 Å². The topological polar surface area (TPSA) is 68.0 Å². The Morgan fingerprint density at radius 1 is 1.65 bits per heavy atom. The van der Waals surface area contributed by atoms with E-state index in [0.717, 1.165) is 22.3 Å². The lowest BCUT2D eigenvalue weighted by Gasteiger charge is -2.01. The quantitative estimate of drug-likeness (QED) is 0.842. The molecular formula is C10H11N3O2S2. The van der Waals surface area contributed by atoms with E-state index in [2.05, 4.69) is 10.1 Å². The number of aliphatic carboxylic acids is 1. The number of hydrogen-bond donors (Lipinski definition) is 1. The van der Waals surface area contributed by atoms with Gasteiger partial charge in [-0.2, -0.15) is 9.78 Å². The van der Waals surface area contributed by atoms with E-state index in [1.165, 1.54) is 23.1 Å². The van der Waals surface area contributed by atoms with Crippen molar-refractivity contribution in [2.24, 2.45) is 0 Å². The van der Waals surface area contributed by atoms with Crippen LogP contribution in [0.2, 0.25) is 0 Å². The monoisotopic (exact) mass is 269 g/mol. The van der Waals surface area contributed by atoms with E-state index in [4.69, 9.17) is 5.11 Å². The molecule has 5 nitrogen and oxygen atoms in total. The zero-order valence-corrected chi connectivity index (χ0v) is 10.8. The Morgan fingerprint density at radius 3 is 3.06 bits per heavy atom. The maximum Gasteiger partial charge on any atom is 0.313 e. The van der Waals surface area contributed by atoms with Gasteiger partial charge in [0.25, 0.3) is 0 Å². The molecule has 1 N–H and O–H groups in total. The average Bonchev–Trinajstić information content (AvgIpc) is 2.94. The first-order valence-electron chi connectivity index (χ1n) is 5.04. The maximum absolute atomic E-state index is 10.6. The smallest absolute Gasteiger partial charge is 0.313 e. The molecule has 0 atom stereocenters. The van der Waals surface area contributed by atoms with Gasteiger partial charge in [0.05, 0.1) is 11.4 Å². The third-order valence-corrected chi connectivity index (χ3v) is 3.76. The normalized spacial score (nSPS) is 10.6. The highest BCUT2D eigenvalue weighted by Gasteiger charge is 2.12. The number of thioether (sulfide) groups is 1. The maximum atomic E-state index is 10.6. The third kappa shape index (κ3) is 2.86. The van der Waals surface area contributed by atoms with Crippen LogP contribution in [0.25, 0.3) is 5.13 Å². The molecule has 7 heteroatoms. The number of aromatic nitrogens is 3. The minimum absolute atomic E-state index is 0.0280. The summed E-state index contributed by atoms with van der Waals surface area (Å²) in [6.07, 6.45) is 2.53. The van der Waals surface area contributed by atoms with E-state index >= 15 is 0 Å². The summed E-state index contributed by atoms with van der Waals surface area (Å²) in [5, 5.41) is 16.5. The number of carboxylic acids is 1. The molecule has 2 heterocycles. The minimum Gasteiger partial charge on any atom is -0.481 e. The molecule has 2 aromatic heterocycles. The van der Waals surface area contributed by atoms with Crippen LogP contribution in [0.3, 0.4) is 0 Å². The van der Waals surface area contributed by atoms with Crippen molar-refractivity contribution in [2.75, 3.05) is 5.75 Å². The zero-order chi connectivity index (χ0) is 12.3. The van der Waals surface area contributed by atoms with Gasteiger partial charge in [0, 0.05) is 11.6 Å². The Morgan fingerprint density at radius 2 is 2.47 bits per heavy atom. The summed E-state index contributed by atoms with van der Waals surface area (Å²) in [6, 6.07) is 1.91. The molecule has 0 unspecified atom stereocenters. The molecule has 0 saturated heterocycles. The largest absolute Gasteiger partial charge is 0.481 e. The summed E-state index contributed by atoms with van der Waals surface area (Å²) in [5.74, 6) is -0.805. The zero-order valence-electron chi connectivity index (χ0n) is 9.16. The highest BCUT2D eigenvalue weighted by molar-refractivity contribution is 7.99. The van der Waals surface area contributed by atoms with Crippen molar-refractivity contribution in [1.82, 2.24) is 14.8 Å². The molecular weight excluding hydrogens is 258 g/mol. The van der Waals surface area contributed by atoms with Crippen molar-refractivity contribution < 1.29 is 9.90 Å². The van der Waals surface area contributed by atoms with Crippen LogP contribution in [0.5, 0.6) is 0 Å². The Kier molecular flexibility index (Phi) is 3.80. The van der Waals surface area contributed by atoms with E-state index in [-0.39, 0.29) is 5.75 Å². The van der Waals surface area contributed by atoms with Crippen molar-refractivity contribution in [3.63, 3.8) is 0 Å². The van der Waals surface area contributed by atoms with Gasteiger partial charge in [0.2, 0.25) is 5.13 Å². The van der Waals surface area contributed by atoms with E-state index < -0.39 is 5.97 Å². The van der Waals surface area contributed by atoms with Gasteiger partial charge in [0.1, 0.15) is 5.03 Å². The molecule has 2 rings (SSSR count). The van der Waals surface area contributed by atoms with Crippen LogP contribution in [0.4, 0.5) is 0 Å². The lowest BCUT2D eigenvalue weighted by molar-refractivity contribution is -0.133. The molecule has 0 spiro atoms. The Labute approximate surface area is 106 Å². The molecule has 0 amide bonds. The van der Waals surface area contributed by atoms with Crippen molar-refractivity contribution in [1.29, 1.82) is 0 Å². The van der Waals surface area contributed by atoms with Crippen molar-refractivity contribution >= 4 is 29.1 Å². The first-order valence-corrected chi connectivity index (χ1v) is 6.90. The van der Waals surface area contributed by atoms with Gasteiger partial charge < -0.3 is 5.11 Å². The van der Waals surface area contributed by atoms with Gasteiger partial charge in [-0.1, -0.05) is 18.7 Å². The van der Waals surface area contributed by atoms with Crippen molar-refractivity contribution in [2.45, 2.75) is 18.4 Å². The minimum atomic E-state index is -0.833. The van der Waals surface area contributed by atoms with Gasteiger partial charge in [-0.3, -0.25) is 4.79 Å². The second-order valence-corrected chi connectivity index (χ2v) is 5.11. The molecule has 0 saturated carbocycles. The lowest BCUT2D eigenvalue weighted by atomic mass is 10.3. The second-order valence-electron chi connectivity index (χ2n) is 3.24. The van der Waals surface area contributed by atoms with Crippen molar-refractivity contribution in [3.05, 3.63) is 23.3 Å². The van der Waals surface area contributed by atoms with E-state index in [0.29, 0.717) is 0 Å². The van der Waals surface area contributed by atoms with Crippen molar-refractivity contribution in [3.8, 4) is 5.13 Å². The summed E-state index contributed by atoms with van der Waals surface area (Å²) in [6.45, 7) is 2.01. The van der Waals surface area contributed by atoms with Crippen LogP contribution in [0.1, 0.15) is 12.6 Å². The van der Waals surface area contributed by atoms with E-state index in [1.807, 2.05) is 18.4 Å². The molecule has 0 bridgehead atoms. The summed E-state index contributed by atoms with van der Waals surface area (Å²) >= 11 is 2.73. The number of thiazole rings is 1. The van der Waals surface area contributed by atoms with Crippen LogP contribution in [-0.4, -0.2) is 31.6 Å². The van der Waals surface area contributed by atoms with Gasteiger partial charge >= 0.3 is 5.97 Å². The van der Waals surface area contributed by atoms with Crippen LogP contribution in [0, 0.1) is 0 Å². The number of rotatable bonds is 5. The van der Waals surface area contributed by atoms with E-state index in [1.54, 1.807) is 10.9 Å². The average molecular weight is 269 g/mol. The molecule has 0 aliphatic heterocycles. The number of carbonyl (C=O) groups is 1. The molecule has 0 aliphatic rings. The van der Waals surface area contributed by atoms with Gasteiger partial charge in [-0.05, 0) is 12.5 Å². The van der Waals surface area contributed by atoms with Crippen LogP contribution in [-0.2, 0) is 11.2 Å². The lowest BCUT2D eigenvalue weighted by Crippen LogP contribution is -2.02. The molecule has 17 heavy (non-hydrogen) atoms. The van der Waals surface area contributed by atoms with Gasteiger partial charge in [-0.15, -0.1) is 11.3 Å². The highest BCUT2D eigenvalue weighted by Crippen LogP contribution is 2.24. The highest BCUT2D eigenvalue weighted by atomic mass is 32.2. The summed E-state index contributed by atoms with van der Waals surface area (Å²) < 4.78 is 1.71. The molecule has 0 aliphatic carbocycles. The van der Waals surface area contributed by atoms with Crippen LogP contribution >= 0.6 is 23.1 Å². The Balaban J connectivity index is 2.29. The predicted octanol–water partition coefficient (Wildman–Crippen LogP) is 2.07. The molecule has 0 fully saturated rings. The molecule has 0 radical (unpaired) electrons. The second kappa shape index (κ2) is 5.33. The van der Waals surface area contributed by atoms with Gasteiger partial charge in [-0.25, -0.2) is 4.98 Å². The summed E-state index contributed by atoms with van der Waals surface area (Å²) in [5.41, 5.74) is 0.938. The number of aryl methyl sites for hydroxylation is 1.